The number of hydrogen-bond acceptors (Lipinski definition) is 3. The van der Waals surface area contributed by atoms with Crippen LogP contribution in [-0.4, -0.2) is 40.1 Å². The van der Waals surface area contributed by atoms with Gasteiger partial charge in [-0.05, 0) is 32.2 Å². The Morgan fingerprint density at radius 1 is 1.12 bits per heavy atom. The Morgan fingerprint density at radius 3 is 2.00 bits per heavy atom. The van der Waals surface area contributed by atoms with E-state index in [9.17, 15) is 0 Å². The van der Waals surface area contributed by atoms with Gasteiger partial charge in [0.2, 0.25) is 0 Å². The van der Waals surface area contributed by atoms with E-state index in [0.29, 0.717) is 6.04 Å². The van der Waals surface area contributed by atoms with Crippen LogP contribution in [0.15, 0.2) is 0 Å². The lowest BCUT2D eigenvalue weighted by molar-refractivity contribution is 0.0874. The highest BCUT2D eigenvalue weighted by molar-refractivity contribution is 6.67. The van der Waals surface area contributed by atoms with Crippen LogP contribution in [0, 0.1) is 5.92 Å². The first-order valence-electron chi connectivity index (χ1n) is 6.65. The molecule has 2 unspecified atom stereocenters. The van der Waals surface area contributed by atoms with Crippen molar-refractivity contribution in [1.82, 2.24) is 4.57 Å². The number of nitrogens with zero attached hydrogens (tertiary/aromatic N) is 1. The number of piperidine rings is 1. The van der Waals surface area contributed by atoms with E-state index in [1.54, 1.807) is 0 Å². The molecule has 0 aromatic rings. The zero-order valence-corrected chi connectivity index (χ0v) is 13.5. The lowest BCUT2D eigenvalue weighted by atomic mass is 9.95. The molecule has 0 bridgehead atoms. The standard InChI is InChI=1S/C13H29NO2Si/c1-11-8-9-14(12(2)10-11)17(15-6,16-7)13(3,4)5/h11-12H,8-10H2,1-7H3. The second kappa shape index (κ2) is 5.39. The van der Waals surface area contributed by atoms with Crippen molar-refractivity contribution in [2.24, 2.45) is 5.92 Å². The summed E-state index contributed by atoms with van der Waals surface area (Å²) in [4.78, 5) is 0. The highest BCUT2D eigenvalue weighted by Gasteiger charge is 2.56. The highest BCUT2D eigenvalue weighted by Crippen LogP contribution is 2.42. The van der Waals surface area contributed by atoms with Gasteiger partial charge in [-0.15, -0.1) is 0 Å². The van der Waals surface area contributed by atoms with Crippen molar-refractivity contribution in [2.45, 2.75) is 58.5 Å². The van der Waals surface area contributed by atoms with E-state index in [1.807, 2.05) is 14.2 Å². The maximum atomic E-state index is 5.94. The fourth-order valence-corrected chi connectivity index (χ4v) is 7.04. The summed E-state index contributed by atoms with van der Waals surface area (Å²) in [6.07, 6.45) is 2.50. The van der Waals surface area contributed by atoms with Crippen molar-refractivity contribution in [3.63, 3.8) is 0 Å². The molecule has 0 N–H and O–H groups in total. The average Bonchev–Trinajstić information content (AvgIpc) is 2.21. The van der Waals surface area contributed by atoms with Crippen LogP contribution in [0.5, 0.6) is 0 Å². The van der Waals surface area contributed by atoms with Gasteiger partial charge in [0.25, 0.3) is 0 Å². The quantitative estimate of drug-likeness (QED) is 0.727. The Balaban J connectivity index is 2.99. The minimum Gasteiger partial charge on any atom is -0.386 e. The largest absolute Gasteiger partial charge is 0.433 e. The normalized spacial score (nSPS) is 28.4. The van der Waals surface area contributed by atoms with Crippen LogP contribution >= 0.6 is 0 Å². The fourth-order valence-electron chi connectivity index (χ4n) is 3.21. The predicted molar refractivity (Wildman–Crippen MR) is 74.1 cm³/mol. The number of rotatable bonds is 3. The van der Waals surface area contributed by atoms with Gasteiger partial charge >= 0.3 is 8.72 Å². The first-order chi connectivity index (χ1) is 7.78. The molecule has 1 aliphatic rings. The Hall–Kier alpha value is 0.0969. The van der Waals surface area contributed by atoms with E-state index in [4.69, 9.17) is 8.85 Å². The maximum absolute atomic E-state index is 5.94. The van der Waals surface area contributed by atoms with Gasteiger partial charge < -0.3 is 8.85 Å². The smallest absolute Gasteiger partial charge is 0.386 e. The van der Waals surface area contributed by atoms with Crippen molar-refractivity contribution in [3.8, 4) is 0 Å². The molecular weight excluding hydrogens is 230 g/mol. The van der Waals surface area contributed by atoms with Crippen molar-refractivity contribution < 1.29 is 8.85 Å². The van der Waals surface area contributed by atoms with Crippen LogP contribution in [0.25, 0.3) is 0 Å². The van der Waals surface area contributed by atoms with E-state index in [2.05, 4.69) is 39.2 Å². The summed E-state index contributed by atoms with van der Waals surface area (Å²) in [5.74, 6) is 0.821. The third kappa shape index (κ3) is 2.75. The monoisotopic (exact) mass is 259 g/mol. The molecule has 0 amide bonds. The second-order valence-electron chi connectivity index (χ2n) is 6.41. The van der Waals surface area contributed by atoms with E-state index in [-0.39, 0.29) is 5.04 Å². The van der Waals surface area contributed by atoms with Crippen LogP contribution in [0.3, 0.4) is 0 Å². The van der Waals surface area contributed by atoms with Crippen LogP contribution in [0.1, 0.15) is 47.5 Å². The molecule has 1 saturated heterocycles. The van der Waals surface area contributed by atoms with Gasteiger partial charge in [-0.2, -0.15) is 0 Å². The van der Waals surface area contributed by atoms with Gasteiger partial charge in [0.05, 0.1) is 0 Å². The molecule has 17 heavy (non-hydrogen) atoms. The molecule has 0 aromatic heterocycles. The maximum Gasteiger partial charge on any atom is 0.433 e. The third-order valence-corrected chi connectivity index (χ3v) is 8.44. The Morgan fingerprint density at radius 2 is 1.65 bits per heavy atom. The molecule has 102 valence electrons. The topological polar surface area (TPSA) is 21.7 Å². The van der Waals surface area contributed by atoms with Crippen molar-refractivity contribution >= 4 is 8.72 Å². The van der Waals surface area contributed by atoms with Crippen molar-refractivity contribution in [1.29, 1.82) is 0 Å². The second-order valence-corrected chi connectivity index (χ2v) is 10.5. The van der Waals surface area contributed by atoms with Gasteiger partial charge in [-0.25, -0.2) is 0 Å². The van der Waals surface area contributed by atoms with Gasteiger partial charge in [0.1, 0.15) is 0 Å². The van der Waals surface area contributed by atoms with Crippen LogP contribution in [0.2, 0.25) is 5.04 Å². The molecule has 1 aliphatic heterocycles. The van der Waals surface area contributed by atoms with E-state index < -0.39 is 8.72 Å². The molecular formula is C13H29NO2Si. The lowest BCUT2D eigenvalue weighted by Gasteiger charge is -2.50. The van der Waals surface area contributed by atoms with Crippen LogP contribution in [0.4, 0.5) is 0 Å². The molecule has 3 nitrogen and oxygen atoms in total. The van der Waals surface area contributed by atoms with Crippen LogP contribution < -0.4 is 0 Å². The van der Waals surface area contributed by atoms with E-state index in [0.717, 1.165) is 12.5 Å². The zero-order valence-electron chi connectivity index (χ0n) is 12.5. The molecule has 1 rings (SSSR count). The molecule has 0 saturated carbocycles. The summed E-state index contributed by atoms with van der Waals surface area (Å²) in [6, 6.07) is 0.560. The summed E-state index contributed by atoms with van der Waals surface area (Å²) in [5.41, 5.74) is 0. The Kier molecular flexibility index (Phi) is 4.80. The van der Waals surface area contributed by atoms with Crippen molar-refractivity contribution in [2.75, 3.05) is 20.8 Å². The predicted octanol–water partition coefficient (Wildman–Crippen LogP) is 3.14. The van der Waals surface area contributed by atoms with E-state index in [1.165, 1.54) is 12.8 Å². The number of hydrogen-bond donors (Lipinski definition) is 0. The minimum atomic E-state index is -2.30. The molecule has 2 atom stereocenters. The molecule has 1 fully saturated rings. The minimum absolute atomic E-state index is 0.0609. The summed E-state index contributed by atoms with van der Waals surface area (Å²) in [7, 11) is 1.32. The average molecular weight is 259 g/mol. The lowest BCUT2D eigenvalue weighted by Crippen LogP contribution is -2.67. The summed E-state index contributed by atoms with van der Waals surface area (Å²) >= 11 is 0. The highest BCUT2D eigenvalue weighted by atomic mass is 28.4. The Labute approximate surface area is 108 Å². The summed E-state index contributed by atoms with van der Waals surface area (Å²) in [6.45, 7) is 12.5. The summed E-state index contributed by atoms with van der Waals surface area (Å²) in [5, 5.41) is 0.0609. The van der Waals surface area contributed by atoms with Gasteiger partial charge in [0.15, 0.2) is 0 Å². The summed E-state index contributed by atoms with van der Waals surface area (Å²) < 4.78 is 14.4. The molecule has 0 radical (unpaired) electrons. The molecule has 4 heteroatoms. The first-order valence-corrected chi connectivity index (χ1v) is 8.42. The van der Waals surface area contributed by atoms with Gasteiger partial charge in [-0.1, -0.05) is 27.7 Å². The van der Waals surface area contributed by atoms with Crippen LogP contribution in [-0.2, 0) is 8.85 Å². The van der Waals surface area contributed by atoms with Gasteiger partial charge in [0, 0.05) is 25.3 Å². The zero-order chi connectivity index (χ0) is 13.3. The SMILES string of the molecule is CO[Si](OC)(N1CCC(C)CC1C)C(C)(C)C. The van der Waals surface area contributed by atoms with E-state index >= 15 is 0 Å². The molecule has 0 spiro atoms. The van der Waals surface area contributed by atoms with Crippen molar-refractivity contribution in [3.05, 3.63) is 0 Å². The third-order valence-electron chi connectivity index (χ3n) is 4.02. The molecule has 1 heterocycles. The van der Waals surface area contributed by atoms with Gasteiger partial charge in [-0.3, -0.25) is 4.57 Å². The first kappa shape index (κ1) is 15.2. The molecule has 0 aromatic carbocycles. The Bertz CT molecular complexity index is 248. The fraction of sp³-hybridized carbons (Fsp3) is 1.00. The molecule has 0 aliphatic carbocycles.